The van der Waals surface area contributed by atoms with E-state index in [1.165, 1.54) is 11.3 Å². The molecule has 2 aromatic rings. The van der Waals surface area contributed by atoms with Crippen molar-refractivity contribution in [1.82, 2.24) is 15.6 Å². The van der Waals surface area contributed by atoms with E-state index >= 15 is 0 Å². The van der Waals surface area contributed by atoms with Crippen LogP contribution < -0.4 is 15.5 Å². The second-order valence-corrected chi connectivity index (χ2v) is 8.43. The standard InChI is InChI=1S/C19H24N4O2S/c1-19(2,3)18-22-11-15(26-18)17(25)21-10-13-4-6-14(7-5-13)23-9-8-20-16(24)12-23/h4-7,11H,8-10,12H2,1-3H3,(H,20,24)(H,21,25). The lowest BCUT2D eigenvalue weighted by atomic mass is 9.98. The highest BCUT2D eigenvalue weighted by Gasteiger charge is 2.20. The van der Waals surface area contributed by atoms with Crippen LogP contribution in [-0.4, -0.2) is 36.4 Å². The number of piperazine rings is 1. The summed E-state index contributed by atoms with van der Waals surface area (Å²) in [5, 5.41) is 6.72. The fourth-order valence-corrected chi connectivity index (χ4v) is 3.57. The molecule has 0 atom stereocenters. The Morgan fingerprint density at radius 1 is 1.31 bits per heavy atom. The van der Waals surface area contributed by atoms with Crippen molar-refractivity contribution in [2.24, 2.45) is 0 Å². The van der Waals surface area contributed by atoms with E-state index in [4.69, 9.17) is 0 Å². The molecule has 7 heteroatoms. The number of aromatic nitrogens is 1. The highest BCUT2D eigenvalue weighted by Crippen LogP contribution is 2.26. The molecule has 0 spiro atoms. The molecule has 1 aliphatic rings. The normalized spacial score (nSPS) is 14.9. The first-order valence-corrected chi connectivity index (χ1v) is 9.50. The molecule has 0 unspecified atom stereocenters. The van der Waals surface area contributed by atoms with Crippen molar-refractivity contribution in [3.05, 3.63) is 45.9 Å². The van der Waals surface area contributed by atoms with Gasteiger partial charge in [0, 0.05) is 30.7 Å². The van der Waals surface area contributed by atoms with Gasteiger partial charge >= 0.3 is 0 Å². The fraction of sp³-hybridized carbons (Fsp3) is 0.421. The molecular formula is C19H24N4O2S. The monoisotopic (exact) mass is 372 g/mol. The van der Waals surface area contributed by atoms with Crippen molar-refractivity contribution < 1.29 is 9.59 Å². The molecule has 0 aliphatic carbocycles. The number of hydrogen-bond donors (Lipinski definition) is 2. The Bertz CT molecular complexity index is 793. The number of carbonyl (C=O) groups excluding carboxylic acids is 2. The third-order valence-electron chi connectivity index (χ3n) is 4.16. The summed E-state index contributed by atoms with van der Waals surface area (Å²) in [6.45, 7) is 8.58. The van der Waals surface area contributed by atoms with Gasteiger partial charge in [0.15, 0.2) is 0 Å². The van der Waals surface area contributed by atoms with Crippen LogP contribution in [0.3, 0.4) is 0 Å². The minimum absolute atomic E-state index is 0.0479. The van der Waals surface area contributed by atoms with Crippen molar-refractivity contribution in [3.63, 3.8) is 0 Å². The molecule has 26 heavy (non-hydrogen) atoms. The maximum Gasteiger partial charge on any atom is 0.263 e. The number of nitrogens with one attached hydrogen (secondary N) is 2. The van der Waals surface area contributed by atoms with Crippen molar-refractivity contribution in [2.75, 3.05) is 24.5 Å². The van der Waals surface area contributed by atoms with Gasteiger partial charge in [0.05, 0.1) is 17.7 Å². The number of carbonyl (C=O) groups is 2. The van der Waals surface area contributed by atoms with Crippen LogP contribution in [0, 0.1) is 0 Å². The Hall–Kier alpha value is -2.41. The van der Waals surface area contributed by atoms with Crippen molar-refractivity contribution in [2.45, 2.75) is 32.7 Å². The van der Waals surface area contributed by atoms with Crippen LogP contribution in [-0.2, 0) is 16.8 Å². The first-order chi connectivity index (χ1) is 12.3. The zero-order chi connectivity index (χ0) is 18.7. The van der Waals surface area contributed by atoms with E-state index in [-0.39, 0.29) is 17.2 Å². The summed E-state index contributed by atoms with van der Waals surface area (Å²) in [7, 11) is 0. The molecule has 2 amide bonds. The Balaban J connectivity index is 1.57. The van der Waals surface area contributed by atoms with Gasteiger partial charge in [0.2, 0.25) is 5.91 Å². The maximum atomic E-state index is 12.3. The summed E-state index contributed by atoms with van der Waals surface area (Å²) >= 11 is 1.44. The van der Waals surface area contributed by atoms with Crippen molar-refractivity contribution in [3.8, 4) is 0 Å². The molecule has 138 valence electrons. The summed E-state index contributed by atoms with van der Waals surface area (Å²) in [4.78, 5) is 30.8. The largest absolute Gasteiger partial charge is 0.360 e. The van der Waals surface area contributed by atoms with E-state index in [9.17, 15) is 9.59 Å². The Morgan fingerprint density at radius 2 is 2.04 bits per heavy atom. The molecule has 0 bridgehead atoms. The zero-order valence-electron chi connectivity index (χ0n) is 15.3. The highest BCUT2D eigenvalue weighted by atomic mass is 32.1. The van der Waals surface area contributed by atoms with E-state index in [1.54, 1.807) is 6.20 Å². The number of anilines is 1. The molecule has 2 heterocycles. The predicted octanol–water partition coefficient (Wildman–Crippen LogP) is 2.31. The molecule has 0 radical (unpaired) electrons. The minimum Gasteiger partial charge on any atom is -0.360 e. The molecule has 2 N–H and O–H groups in total. The number of rotatable bonds is 4. The van der Waals surface area contributed by atoms with Gasteiger partial charge in [-0.15, -0.1) is 11.3 Å². The number of thiazole rings is 1. The average Bonchev–Trinajstić information content (AvgIpc) is 3.11. The lowest BCUT2D eigenvalue weighted by molar-refractivity contribution is -0.120. The first kappa shape index (κ1) is 18.4. The van der Waals surface area contributed by atoms with Crippen LogP contribution in [0.25, 0.3) is 0 Å². The second-order valence-electron chi connectivity index (χ2n) is 7.40. The predicted molar refractivity (Wildman–Crippen MR) is 104 cm³/mol. The summed E-state index contributed by atoms with van der Waals surface area (Å²) in [5.74, 6) is -0.0541. The molecule has 1 fully saturated rings. The van der Waals surface area contributed by atoms with Crippen LogP contribution in [0.2, 0.25) is 0 Å². The zero-order valence-corrected chi connectivity index (χ0v) is 16.2. The maximum absolute atomic E-state index is 12.3. The third-order valence-corrected chi connectivity index (χ3v) is 5.59. The van der Waals surface area contributed by atoms with E-state index in [2.05, 4.69) is 36.4 Å². The molecule has 1 aromatic carbocycles. The van der Waals surface area contributed by atoms with Gasteiger partial charge in [-0.1, -0.05) is 32.9 Å². The van der Waals surface area contributed by atoms with Gasteiger partial charge in [-0.25, -0.2) is 4.98 Å². The van der Waals surface area contributed by atoms with Crippen LogP contribution in [0.5, 0.6) is 0 Å². The van der Waals surface area contributed by atoms with Gasteiger partial charge in [-0.2, -0.15) is 0 Å². The van der Waals surface area contributed by atoms with E-state index in [1.807, 2.05) is 29.2 Å². The SMILES string of the molecule is CC(C)(C)c1ncc(C(=O)NCc2ccc(N3CCNC(=O)C3)cc2)s1. The van der Waals surface area contributed by atoms with E-state index < -0.39 is 0 Å². The molecule has 1 aromatic heterocycles. The fourth-order valence-electron chi connectivity index (χ4n) is 2.68. The molecule has 0 saturated carbocycles. The summed E-state index contributed by atoms with van der Waals surface area (Å²) in [6.07, 6.45) is 1.64. The van der Waals surface area contributed by atoms with Gasteiger partial charge < -0.3 is 15.5 Å². The number of amides is 2. The molecule has 1 aliphatic heterocycles. The second kappa shape index (κ2) is 7.45. The first-order valence-electron chi connectivity index (χ1n) is 8.68. The number of benzene rings is 1. The van der Waals surface area contributed by atoms with Crippen LogP contribution >= 0.6 is 11.3 Å². The number of nitrogens with zero attached hydrogens (tertiary/aromatic N) is 2. The molecule has 6 nitrogen and oxygen atoms in total. The quantitative estimate of drug-likeness (QED) is 0.864. The molecule has 3 rings (SSSR count). The minimum atomic E-state index is -0.102. The summed E-state index contributed by atoms with van der Waals surface area (Å²) in [6, 6.07) is 7.94. The molecule has 1 saturated heterocycles. The Labute approximate surface area is 157 Å². The number of hydrogen-bond acceptors (Lipinski definition) is 5. The average molecular weight is 372 g/mol. The van der Waals surface area contributed by atoms with Gasteiger partial charge in [-0.05, 0) is 17.7 Å². The van der Waals surface area contributed by atoms with E-state index in [0.29, 0.717) is 24.5 Å². The van der Waals surface area contributed by atoms with Crippen molar-refractivity contribution >= 4 is 28.8 Å². The van der Waals surface area contributed by atoms with Gasteiger partial charge in [0.1, 0.15) is 4.88 Å². The van der Waals surface area contributed by atoms with Crippen LogP contribution in [0.1, 0.15) is 41.0 Å². The van der Waals surface area contributed by atoms with Gasteiger partial charge in [0.25, 0.3) is 5.91 Å². The Kier molecular flexibility index (Phi) is 5.27. The Morgan fingerprint density at radius 3 is 2.65 bits per heavy atom. The topological polar surface area (TPSA) is 74.3 Å². The summed E-state index contributed by atoms with van der Waals surface area (Å²) in [5.41, 5.74) is 1.99. The summed E-state index contributed by atoms with van der Waals surface area (Å²) < 4.78 is 0. The molecular weight excluding hydrogens is 348 g/mol. The smallest absolute Gasteiger partial charge is 0.263 e. The highest BCUT2D eigenvalue weighted by molar-refractivity contribution is 7.13. The lowest BCUT2D eigenvalue weighted by Gasteiger charge is -2.28. The van der Waals surface area contributed by atoms with Crippen LogP contribution in [0.15, 0.2) is 30.5 Å². The van der Waals surface area contributed by atoms with Gasteiger partial charge in [-0.3, -0.25) is 9.59 Å². The lowest BCUT2D eigenvalue weighted by Crippen LogP contribution is -2.47. The van der Waals surface area contributed by atoms with Crippen molar-refractivity contribution in [1.29, 1.82) is 0 Å². The third kappa shape index (κ3) is 4.40. The van der Waals surface area contributed by atoms with E-state index in [0.717, 1.165) is 22.8 Å². The van der Waals surface area contributed by atoms with Crippen LogP contribution in [0.4, 0.5) is 5.69 Å².